The van der Waals surface area contributed by atoms with E-state index in [4.69, 9.17) is 0 Å². The van der Waals surface area contributed by atoms with Crippen LogP contribution in [-0.2, 0) is 9.63 Å². The van der Waals surface area contributed by atoms with Crippen LogP contribution in [0.25, 0.3) is 0 Å². The third-order valence-electron chi connectivity index (χ3n) is 0.609. The first-order valence-electron chi connectivity index (χ1n) is 2.04. The summed E-state index contributed by atoms with van der Waals surface area (Å²) in [7, 11) is 1.42. The van der Waals surface area contributed by atoms with Gasteiger partial charge >= 0.3 is 6.41 Å². The monoisotopic (exact) mass is 102 g/mol. The van der Waals surface area contributed by atoms with E-state index in [-0.39, 0.29) is 0 Å². The molecule has 0 heterocycles. The lowest BCUT2D eigenvalue weighted by Gasteiger charge is -2.06. The maximum absolute atomic E-state index is 9.64. The van der Waals surface area contributed by atoms with Gasteiger partial charge in [0.15, 0.2) is 0 Å². The van der Waals surface area contributed by atoms with Gasteiger partial charge < -0.3 is 0 Å². The molecule has 0 aliphatic carbocycles. The quantitative estimate of drug-likeness (QED) is 0.369. The second-order valence-corrected chi connectivity index (χ2v) is 0.969. The lowest BCUT2D eigenvalue weighted by molar-refractivity contribution is -0.0618. The number of hydrogen-bond acceptors (Lipinski definition) is 2. The molecule has 0 atom stereocenters. The largest absolute Gasteiger partial charge is 0.337 e. The fourth-order valence-corrected chi connectivity index (χ4v) is 0.231. The Kier molecular flexibility index (Phi) is 3.32. The minimum atomic E-state index is 0.542. The first-order valence-corrected chi connectivity index (χ1v) is 2.04. The van der Waals surface area contributed by atoms with Crippen molar-refractivity contribution >= 4 is 6.41 Å². The molecular weight excluding hydrogens is 94.0 g/mol. The summed E-state index contributed by atoms with van der Waals surface area (Å²) in [5, 5.41) is 1.07. The molecule has 0 saturated carbocycles. The van der Waals surface area contributed by atoms with E-state index in [1.165, 1.54) is 7.11 Å². The summed E-state index contributed by atoms with van der Waals surface area (Å²) in [6.45, 7) is 2.34. The standard InChI is InChI=1S/C4H8NO2/c1-3-5(4-6)7-2/h3H2,1-2H3. The van der Waals surface area contributed by atoms with Crippen molar-refractivity contribution in [1.29, 1.82) is 0 Å². The van der Waals surface area contributed by atoms with Crippen molar-refractivity contribution in [3.8, 4) is 0 Å². The molecule has 0 aromatic carbocycles. The van der Waals surface area contributed by atoms with Crippen LogP contribution in [0.1, 0.15) is 6.92 Å². The van der Waals surface area contributed by atoms with Gasteiger partial charge in [-0.3, -0.25) is 9.63 Å². The van der Waals surface area contributed by atoms with Crippen molar-refractivity contribution < 1.29 is 9.63 Å². The van der Waals surface area contributed by atoms with Crippen LogP contribution < -0.4 is 0 Å². The third-order valence-corrected chi connectivity index (χ3v) is 0.609. The van der Waals surface area contributed by atoms with E-state index in [0.717, 1.165) is 5.06 Å². The van der Waals surface area contributed by atoms with Crippen LogP contribution in [0.2, 0.25) is 0 Å². The molecule has 1 amide bonds. The molecule has 1 radical (unpaired) electrons. The zero-order chi connectivity index (χ0) is 5.70. The van der Waals surface area contributed by atoms with Gasteiger partial charge in [-0.1, -0.05) is 0 Å². The predicted molar refractivity (Wildman–Crippen MR) is 25.1 cm³/mol. The van der Waals surface area contributed by atoms with Crippen molar-refractivity contribution in [3.63, 3.8) is 0 Å². The minimum Gasteiger partial charge on any atom is -0.274 e. The highest BCUT2D eigenvalue weighted by atomic mass is 16.7. The summed E-state index contributed by atoms with van der Waals surface area (Å²) in [4.78, 5) is 14.1. The van der Waals surface area contributed by atoms with Gasteiger partial charge in [0.25, 0.3) is 0 Å². The van der Waals surface area contributed by atoms with E-state index < -0.39 is 0 Å². The highest BCUT2D eigenvalue weighted by Crippen LogP contribution is 1.76. The van der Waals surface area contributed by atoms with Crippen molar-refractivity contribution in [2.75, 3.05) is 13.7 Å². The molecule has 0 saturated heterocycles. The van der Waals surface area contributed by atoms with Crippen LogP contribution in [0, 0.1) is 0 Å². The fraction of sp³-hybridized carbons (Fsp3) is 0.750. The highest BCUT2D eigenvalue weighted by Gasteiger charge is 1.90. The maximum Gasteiger partial charge on any atom is 0.337 e. The van der Waals surface area contributed by atoms with Crippen LogP contribution in [-0.4, -0.2) is 25.1 Å². The van der Waals surface area contributed by atoms with Gasteiger partial charge in [0.2, 0.25) is 0 Å². The van der Waals surface area contributed by atoms with Gasteiger partial charge in [-0.05, 0) is 6.92 Å². The summed E-state index contributed by atoms with van der Waals surface area (Å²) in [6.07, 6.45) is 1.56. The van der Waals surface area contributed by atoms with Crippen molar-refractivity contribution in [3.05, 3.63) is 0 Å². The van der Waals surface area contributed by atoms with E-state index in [2.05, 4.69) is 4.84 Å². The summed E-state index contributed by atoms with van der Waals surface area (Å²) in [5.74, 6) is 0. The topological polar surface area (TPSA) is 29.5 Å². The normalized spacial score (nSPS) is 8.29. The lowest BCUT2D eigenvalue weighted by Crippen LogP contribution is -2.18. The number of carbonyl (C=O) groups excluding carboxylic acids is 1. The number of nitrogens with zero attached hydrogens (tertiary/aromatic N) is 1. The summed E-state index contributed by atoms with van der Waals surface area (Å²) in [6, 6.07) is 0. The molecule has 0 spiro atoms. The Balaban J connectivity index is 3.16. The first-order chi connectivity index (χ1) is 3.35. The third kappa shape index (κ3) is 2.17. The Morgan fingerprint density at radius 2 is 2.43 bits per heavy atom. The molecule has 0 fully saturated rings. The zero-order valence-corrected chi connectivity index (χ0v) is 4.47. The fourth-order valence-electron chi connectivity index (χ4n) is 0.231. The summed E-state index contributed by atoms with van der Waals surface area (Å²) in [5.41, 5.74) is 0. The van der Waals surface area contributed by atoms with Gasteiger partial charge in [0.1, 0.15) is 0 Å². The van der Waals surface area contributed by atoms with Gasteiger partial charge in [-0.25, -0.2) is 5.06 Å². The average Bonchev–Trinajstić information content (AvgIpc) is 1.72. The molecule has 0 N–H and O–H groups in total. The Morgan fingerprint density at radius 1 is 1.86 bits per heavy atom. The molecule has 3 heteroatoms. The molecule has 3 nitrogen and oxygen atoms in total. The number of hydrogen-bond donors (Lipinski definition) is 0. The highest BCUT2D eigenvalue weighted by molar-refractivity contribution is 5.45. The van der Waals surface area contributed by atoms with E-state index >= 15 is 0 Å². The van der Waals surface area contributed by atoms with Crippen molar-refractivity contribution in [2.24, 2.45) is 0 Å². The molecular formula is C4H8NO2. The number of amides is 1. The minimum absolute atomic E-state index is 0.542. The summed E-state index contributed by atoms with van der Waals surface area (Å²) >= 11 is 0. The molecule has 0 unspecified atom stereocenters. The Morgan fingerprint density at radius 3 is 2.43 bits per heavy atom. The van der Waals surface area contributed by atoms with Crippen LogP contribution in [0.15, 0.2) is 0 Å². The smallest absolute Gasteiger partial charge is 0.274 e. The van der Waals surface area contributed by atoms with E-state index in [9.17, 15) is 4.79 Å². The van der Waals surface area contributed by atoms with Crippen LogP contribution in [0.4, 0.5) is 0 Å². The molecule has 0 aliphatic rings. The molecule has 0 bridgehead atoms. The van der Waals surface area contributed by atoms with Gasteiger partial charge in [-0.2, -0.15) is 0 Å². The second kappa shape index (κ2) is 3.61. The number of rotatable bonds is 3. The molecule has 41 valence electrons. The lowest BCUT2D eigenvalue weighted by atomic mass is 10.8. The molecule has 0 aliphatic heterocycles. The summed E-state index contributed by atoms with van der Waals surface area (Å²) < 4.78 is 0. The van der Waals surface area contributed by atoms with Crippen LogP contribution in [0.3, 0.4) is 0 Å². The SMILES string of the molecule is CCN([C]=O)OC. The van der Waals surface area contributed by atoms with Crippen LogP contribution >= 0.6 is 0 Å². The van der Waals surface area contributed by atoms with E-state index in [0.29, 0.717) is 6.54 Å². The Hall–Kier alpha value is -0.570. The van der Waals surface area contributed by atoms with Crippen molar-refractivity contribution in [2.45, 2.75) is 6.92 Å². The zero-order valence-electron chi connectivity index (χ0n) is 4.47. The predicted octanol–water partition coefficient (Wildman–Crippen LogP) is -0.0631. The molecule has 0 rings (SSSR count). The van der Waals surface area contributed by atoms with Crippen LogP contribution in [0.5, 0.6) is 0 Å². The Labute approximate surface area is 42.8 Å². The maximum atomic E-state index is 9.64. The molecule has 0 aromatic heterocycles. The van der Waals surface area contributed by atoms with E-state index in [1.807, 2.05) is 0 Å². The second-order valence-electron chi connectivity index (χ2n) is 0.969. The van der Waals surface area contributed by atoms with Gasteiger partial charge in [0.05, 0.1) is 7.11 Å². The van der Waals surface area contributed by atoms with E-state index in [1.54, 1.807) is 13.3 Å². The average molecular weight is 102 g/mol. The Bertz CT molecular complexity index is 51.7. The van der Waals surface area contributed by atoms with Gasteiger partial charge in [-0.15, -0.1) is 0 Å². The number of hydroxylamine groups is 2. The van der Waals surface area contributed by atoms with Gasteiger partial charge in [0, 0.05) is 6.54 Å². The molecule has 0 aromatic rings. The van der Waals surface area contributed by atoms with Crippen molar-refractivity contribution in [1.82, 2.24) is 5.06 Å². The molecule has 7 heavy (non-hydrogen) atoms. The first kappa shape index (κ1) is 6.43.